The van der Waals surface area contributed by atoms with E-state index < -0.39 is 8.07 Å². The summed E-state index contributed by atoms with van der Waals surface area (Å²) in [4.78, 5) is 5.03. The van der Waals surface area contributed by atoms with E-state index in [0.29, 0.717) is 0 Å². The molecule has 0 radical (unpaired) electrons. The van der Waals surface area contributed by atoms with Gasteiger partial charge in [-0.2, -0.15) is 0 Å². The van der Waals surface area contributed by atoms with E-state index in [9.17, 15) is 0 Å². The molecule has 2 heterocycles. The molecule has 0 amide bonds. The standard InChI is InChI=1S/C68H59BN2Si/c1-67(2,3)52-35-31-50(32-36-52)51-45-63-66-65(46-51)72(58-25-15-9-16-26-58,59-27-17-10-18-28-59)64-30-20-19-29-60(64)69(66)61-47-57(70(54-23-13-8-14-24-54)55-41-37-53(38-42-55)68(4,5)6)43-44-62(61)71(63)56-39-33-49(34-40-56)48-21-11-7-12-22-48/h7-47H,1-6H3. The van der Waals surface area contributed by atoms with Crippen molar-refractivity contribution in [2.45, 2.75) is 52.4 Å². The second-order valence-corrected chi connectivity index (χ2v) is 25.5. The molecule has 0 fully saturated rings. The highest BCUT2D eigenvalue weighted by molar-refractivity contribution is 7.26. The molecule has 348 valence electrons. The van der Waals surface area contributed by atoms with Crippen LogP contribution in [0.2, 0.25) is 0 Å². The molecule has 0 bridgehead atoms. The van der Waals surface area contributed by atoms with Gasteiger partial charge in [-0.1, -0.05) is 235 Å². The Morgan fingerprint density at radius 2 is 0.833 bits per heavy atom. The van der Waals surface area contributed by atoms with Crippen molar-refractivity contribution in [2.75, 3.05) is 9.80 Å². The summed E-state index contributed by atoms with van der Waals surface area (Å²) >= 11 is 0. The molecule has 0 aromatic heterocycles. The molecule has 2 aliphatic heterocycles. The Morgan fingerprint density at radius 3 is 1.43 bits per heavy atom. The zero-order valence-electron chi connectivity index (χ0n) is 42.1. The molecule has 0 N–H and O–H groups in total. The summed E-state index contributed by atoms with van der Waals surface area (Å²) in [6.07, 6.45) is 0. The van der Waals surface area contributed by atoms with Crippen LogP contribution >= 0.6 is 0 Å². The van der Waals surface area contributed by atoms with Crippen molar-refractivity contribution in [3.63, 3.8) is 0 Å². The number of anilines is 6. The molecule has 4 heteroatoms. The van der Waals surface area contributed by atoms with Gasteiger partial charge in [0.25, 0.3) is 0 Å². The normalized spacial score (nSPS) is 13.5. The highest BCUT2D eigenvalue weighted by Crippen LogP contribution is 2.43. The van der Waals surface area contributed by atoms with Crippen LogP contribution in [0.4, 0.5) is 34.1 Å². The Bertz CT molecular complexity index is 3520. The van der Waals surface area contributed by atoms with Gasteiger partial charge in [0.2, 0.25) is 6.71 Å². The molecular formula is C68H59BN2Si. The van der Waals surface area contributed by atoms with Crippen molar-refractivity contribution in [3.8, 4) is 22.3 Å². The smallest absolute Gasteiger partial charge is 0.246 e. The molecule has 72 heavy (non-hydrogen) atoms. The third-order valence-electron chi connectivity index (χ3n) is 15.3. The molecule has 10 aromatic carbocycles. The number of hydrogen-bond acceptors (Lipinski definition) is 2. The fourth-order valence-corrected chi connectivity index (χ4v) is 17.0. The Hall–Kier alpha value is -7.92. The lowest BCUT2D eigenvalue weighted by Crippen LogP contribution is -2.87. The summed E-state index contributed by atoms with van der Waals surface area (Å²) in [6.45, 7) is 13.7. The highest BCUT2D eigenvalue weighted by atomic mass is 28.3. The number of rotatable bonds is 8. The van der Waals surface area contributed by atoms with Crippen LogP contribution in [0.3, 0.4) is 0 Å². The second-order valence-electron chi connectivity index (χ2n) is 21.7. The zero-order valence-corrected chi connectivity index (χ0v) is 43.1. The lowest BCUT2D eigenvalue weighted by molar-refractivity contribution is 0.590. The number of benzene rings is 10. The summed E-state index contributed by atoms with van der Waals surface area (Å²) in [6, 6.07) is 94.3. The largest absolute Gasteiger partial charge is 0.312 e. The van der Waals surface area contributed by atoms with Gasteiger partial charge in [-0.3, -0.25) is 0 Å². The molecule has 2 nitrogen and oxygen atoms in total. The summed E-state index contributed by atoms with van der Waals surface area (Å²) in [7, 11) is -3.04. The molecule has 0 saturated carbocycles. The minimum absolute atomic E-state index is 0.0389. The molecule has 0 saturated heterocycles. The van der Waals surface area contributed by atoms with Crippen LogP contribution < -0.4 is 46.9 Å². The Labute approximate surface area is 428 Å². The van der Waals surface area contributed by atoms with Crippen LogP contribution in [-0.4, -0.2) is 14.8 Å². The zero-order chi connectivity index (χ0) is 49.2. The number of fused-ring (bicyclic) bond motifs is 4. The van der Waals surface area contributed by atoms with Crippen LogP contribution in [-0.2, 0) is 10.8 Å². The van der Waals surface area contributed by atoms with Gasteiger partial charge in [-0.15, -0.1) is 0 Å². The van der Waals surface area contributed by atoms with Crippen LogP contribution in [0.15, 0.2) is 249 Å². The van der Waals surface area contributed by atoms with E-state index in [1.54, 1.807) is 0 Å². The summed E-state index contributed by atoms with van der Waals surface area (Å²) in [5, 5.41) is 5.66. The van der Waals surface area contributed by atoms with Crippen molar-refractivity contribution < 1.29 is 0 Å². The topological polar surface area (TPSA) is 6.48 Å². The maximum absolute atomic E-state index is 3.04. The fourth-order valence-electron chi connectivity index (χ4n) is 11.7. The Kier molecular flexibility index (Phi) is 11.1. The summed E-state index contributed by atoms with van der Waals surface area (Å²) < 4.78 is 0. The van der Waals surface area contributed by atoms with Crippen LogP contribution in [0.5, 0.6) is 0 Å². The first-order chi connectivity index (χ1) is 35.0. The van der Waals surface area contributed by atoms with Crippen molar-refractivity contribution >= 4 is 86.0 Å². The van der Waals surface area contributed by atoms with Gasteiger partial charge in [0.1, 0.15) is 0 Å². The lowest BCUT2D eigenvalue weighted by atomic mass is 9.34. The lowest BCUT2D eigenvalue weighted by Gasteiger charge is -2.48. The number of para-hydroxylation sites is 1. The second kappa shape index (κ2) is 17.7. The van der Waals surface area contributed by atoms with Crippen LogP contribution in [0.1, 0.15) is 52.7 Å². The van der Waals surface area contributed by atoms with Crippen molar-refractivity contribution in [1.29, 1.82) is 0 Å². The van der Waals surface area contributed by atoms with E-state index in [1.165, 1.54) is 81.9 Å². The molecule has 0 aliphatic carbocycles. The predicted molar refractivity (Wildman–Crippen MR) is 312 cm³/mol. The minimum Gasteiger partial charge on any atom is -0.312 e. The quantitative estimate of drug-likeness (QED) is 0.140. The predicted octanol–water partition coefficient (Wildman–Crippen LogP) is 13.1. The van der Waals surface area contributed by atoms with Crippen molar-refractivity contribution in [3.05, 3.63) is 260 Å². The van der Waals surface area contributed by atoms with Crippen molar-refractivity contribution in [1.82, 2.24) is 0 Å². The minimum atomic E-state index is -3.04. The number of hydrogen-bond donors (Lipinski definition) is 0. The van der Waals surface area contributed by atoms with E-state index in [-0.39, 0.29) is 17.5 Å². The van der Waals surface area contributed by atoms with Gasteiger partial charge in [-0.25, -0.2) is 0 Å². The average molecular weight is 943 g/mol. The maximum Gasteiger partial charge on any atom is 0.246 e. The highest BCUT2D eigenvalue weighted by Gasteiger charge is 2.53. The van der Waals surface area contributed by atoms with Crippen molar-refractivity contribution in [2.24, 2.45) is 0 Å². The SMILES string of the molecule is CC(C)(C)c1ccc(-c2cc3c4c(c2)[Si](c2ccccc2)(c2ccccc2)c2ccccc2B4c2cc(N(c4ccccc4)c4ccc(C(C)(C)C)cc4)ccc2N3c2ccc(-c3ccccc3)cc2)cc1. The summed E-state index contributed by atoms with van der Waals surface area (Å²) in [5.74, 6) is 0. The summed E-state index contributed by atoms with van der Waals surface area (Å²) in [5.41, 5.74) is 18.6. The van der Waals surface area contributed by atoms with Crippen LogP contribution in [0.25, 0.3) is 22.3 Å². The first-order valence-electron chi connectivity index (χ1n) is 25.5. The Morgan fingerprint density at radius 1 is 0.361 bits per heavy atom. The molecule has 0 spiro atoms. The molecular weight excluding hydrogens is 884 g/mol. The van der Waals surface area contributed by atoms with E-state index in [4.69, 9.17) is 0 Å². The first-order valence-corrected chi connectivity index (χ1v) is 27.5. The monoisotopic (exact) mass is 942 g/mol. The molecule has 0 atom stereocenters. The van der Waals surface area contributed by atoms with Gasteiger partial charge in [0, 0.05) is 34.1 Å². The van der Waals surface area contributed by atoms with E-state index >= 15 is 0 Å². The van der Waals surface area contributed by atoms with Gasteiger partial charge < -0.3 is 9.80 Å². The Balaban J connectivity index is 1.18. The van der Waals surface area contributed by atoms with E-state index in [1.807, 2.05) is 0 Å². The van der Waals surface area contributed by atoms with Gasteiger partial charge in [0.15, 0.2) is 8.07 Å². The third-order valence-corrected chi connectivity index (χ3v) is 20.2. The molecule has 2 aliphatic rings. The van der Waals surface area contributed by atoms with E-state index in [0.717, 1.165) is 22.7 Å². The first kappa shape index (κ1) is 45.2. The number of nitrogens with zero attached hydrogens (tertiary/aromatic N) is 2. The fraction of sp³-hybridized carbons (Fsp3) is 0.118. The third kappa shape index (κ3) is 7.64. The van der Waals surface area contributed by atoms with Crippen LogP contribution in [0, 0.1) is 0 Å². The van der Waals surface area contributed by atoms with E-state index in [2.05, 4.69) is 300 Å². The molecule has 10 aromatic rings. The molecule has 0 unspecified atom stereocenters. The van der Waals surface area contributed by atoms with Gasteiger partial charge in [-0.05, 0) is 137 Å². The maximum atomic E-state index is 2.61. The van der Waals surface area contributed by atoms with Gasteiger partial charge in [0.05, 0.1) is 0 Å². The van der Waals surface area contributed by atoms with Gasteiger partial charge >= 0.3 is 0 Å². The average Bonchev–Trinajstić information content (AvgIpc) is 3.42. The molecule has 12 rings (SSSR count).